The van der Waals surface area contributed by atoms with E-state index in [1.165, 1.54) is 6.07 Å². The quantitative estimate of drug-likeness (QED) is 0.385. The Morgan fingerprint density at radius 1 is 1.03 bits per heavy atom. The highest BCUT2D eigenvalue weighted by molar-refractivity contribution is 6.30. The Bertz CT molecular complexity index is 995. The molecule has 0 heterocycles. The first-order valence-corrected chi connectivity index (χ1v) is 10.1. The monoisotopic (exact) mass is 410 g/mol. The van der Waals surface area contributed by atoms with Crippen LogP contribution in [0.2, 0.25) is 5.02 Å². The summed E-state index contributed by atoms with van der Waals surface area (Å²) in [5.74, 6) is 0.190. The molecule has 29 heavy (non-hydrogen) atoms. The number of halogens is 3. The molecule has 1 nitrogen and oxygen atoms in total. The maximum Gasteiger partial charge on any atom is 0.165 e. The molecule has 0 saturated heterocycles. The van der Waals surface area contributed by atoms with E-state index in [2.05, 4.69) is 0 Å². The third-order valence-electron chi connectivity index (χ3n) is 5.12. The predicted molar refractivity (Wildman–Crippen MR) is 113 cm³/mol. The van der Waals surface area contributed by atoms with Crippen LogP contribution >= 0.6 is 11.6 Å². The zero-order valence-electron chi connectivity index (χ0n) is 15.8. The summed E-state index contributed by atoms with van der Waals surface area (Å²) in [5, 5.41) is 0.643. The average molecular weight is 411 g/mol. The van der Waals surface area contributed by atoms with Crippen molar-refractivity contribution in [1.29, 1.82) is 0 Å². The lowest BCUT2D eigenvalue weighted by molar-refractivity contribution is 0.441. The Balaban J connectivity index is 1.51. The van der Waals surface area contributed by atoms with Crippen LogP contribution < -0.4 is 4.74 Å². The van der Waals surface area contributed by atoms with Gasteiger partial charge in [0.2, 0.25) is 0 Å². The molecule has 0 spiro atoms. The molecule has 148 valence electrons. The number of para-hydroxylation sites is 1. The van der Waals surface area contributed by atoms with Crippen molar-refractivity contribution in [2.75, 3.05) is 0 Å². The summed E-state index contributed by atoms with van der Waals surface area (Å²) in [6, 6.07) is 21.1. The molecule has 0 unspecified atom stereocenters. The van der Waals surface area contributed by atoms with E-state index in [9.17, 15) is 4.39 Å². The van der Waals surface area contributed by atoms with Gasteiger partial charge in [-0.2, -0.15) is 0 Å². The number of rotatable bonds is 7. The largest absolute Gasteiger partial charge is 0.454 e. The molecule has 4 rings (SSSR count). The third-order valence-corrected chi connectivity index (χ3v) is 5.37. The van der Waals surface area contributed by atoms with E-state index < -0.39 is 5.82 Å². The minimum atomic E-state index is -0.445. The molecular formula is C25H21ClF2O. The number of benzene rings is 3. The zero-order chi connectivity index (χ0) is 20.2. The smallest absolute Gasteiger partial charge is 0.165 e. The molecule has 0 amide bonds. The summed E-state index contributed by atoms with van der Waals surface area (Å²) in [4.78, 5) is 0. The van der Waals surface area contributed by atoms with Gasteiger partial charge in [-0.15, -0.1) is 0 Å². The lowest BCUT2D eigenvalue weighted by Gasteiger charge is -2.15. The van der Waals surface area contributed by atoms with Crippen molar-refractivity contribution in [1.82, 2.24) is 0 Å². The second kappa shape index (κ2) is 8.79. The zero-order valence-corrected chi connectivity index (χ0v) is 16.6. The van der Waals surface area contributed by atoms with Crippen LogP contribution in [0.3, 0.4) is 0 Å². The summed E-state index contributed by atoms with van der Waals surface area (Å²) in [5.41, 5.74) is 1.73. The Hall–Kier alpha value is -2.65. The molecule has 0 aromatic heterocycles. The van der Waals surface area contributed by atoms with Crippen LogP contribution in [0.15, 0.2) is 84.7 Å². The summed E-state index contributed by atoms with van der Waals surface area (Å²) < 4.78 is 34.8. The minimum absolute atomic E-state index is 0.138. The highest BCUT2D eigenvalue weighted by atomic mass is 35.5. The van der Waals surface area contributed by atoms with Crippen molar-refractivity contribution in [3.63, 3.8) is 0 Å². The molecule has 4 heteroatoms. The number of ether oxygens (including phenoxy) is 1. The van der Waals surface area contributed by atoms with Crippen molar-refractivity contribution in [3.05, 3.63) is 107 Å². The van der Waals surface area contributed by atoms with E-state index >= 15 is 4.39 Å². The van der Waals surface area contributed by atoms with Crippen molar-refractivity contribution in [2.45, 2.75) is 25.2 Å². The lowest BCUT2D eigenvalue weighted by Crippen LogP contribution is -2.03. The minimum Gasteiger partial charge on any atom is -0.454 e. The molecule has 1 atom stereocenters. The van der Waals surface area contributed by atoms with Crippen molar-refractivity contribution < 1.29 is 13.5 Å². The molecule has 0 bridgehead atoms. The van der Waals surface area contributed by atoms with E-state index in [-0.39, 0.29) is 17.5 Å². The van der Waals surface area contributed by atoms with Gasteiger partial charge in [0.15, 0.2) is 11.6 Å². The van der Waals surface area contributed by atoms with E-state index in [0.717, 1.165) is 24.0 Å². The number of hydrogen-bond acceptors (Lipinski definition) is 1. The van der Waals surface area contributed by atoms with Crippen LogP contribution in [0.5, 0.6) is 11.5 Å². The standard InChI is InChI=1S/C25H21ClF2O/c26-20-12-10-19(11-13-20)25(18-8-9-18)23(28)15-7-17-6-14-22(27)24(16-17)29-21-4-2-1-3-5-21/h1-6,10-16,18,25H,7-9H2/b23-15+/t25-/m0/s1. The summed E-state index contributed by atoms with van der Waals surface area (Å²) in [6.45, 7) is 0. The maximum atomic E-state index is 15.1. The maximum absolute atomic E-state index is 15.1. The fourth-order valence-electron chi connectivity index (χ4n) is 3.47. The van der Waals surface area contributed by atoms with Gasteiger partial charge in [0.05, 0.1) is 0 Å². The topological polar surface area (TPSA) is 9.23 Å². The normalized spacial score (nSPS) is 15.2. The van der Waals surface area contributed by atoms with Crippen molar-refractivity contribution >= 4 is 11.6 Å². The van der Waals surface area contributed by atoms with Crippen LogP contribution in [-0.4, -0.2) is 0 Å². The predicted octanol–water partition coefficient (Wildman–Crippen LogP) is 7.86. The Morgan fingerprint density at radius 2 is 1.76 bits per heavy atom. The second-order valence-electron chi connectivity index (χ2n) is 7.34. The summed E-state index contributed by atoms with van der Waals surface area (Å²) >= 11 is 5.97. The average Bonchev–Trinajstić information content (AvgIpc) is 3.56. The van der Waals surface area contributed by atoms with Gasteiger partial charge < -0.3 is 4.74 Å². The molecule has 3 aromatic carbocycles. The third kappa shape index (κ3) is 5.04. The fourth-order valence-corrected chi connectivity index (χ4v) is 3.59. The van der Waals surface area contributed by atoms with Gasteiger partial charge >= 0.3 is 0 Å². The Labute approximate surface area is 174 Å². The van der Waals surface area contributed by atoms with Crippen molar-refractivity contribution in [2.24, 2.45) is 5.92 Å². The van der Waals surface area contributed by atoms with Crippen LogP contribution in [0.1, 0.15) is 29.9 Å². The molecule has 0 N–H and O–H groups in total. The highest BCUT2D eigenvalue weighted by Gasteiger charge is 2.35. The van der Waals surface area contributed by atoms with Crippen LogP contribution in [0.4, 0.5) is 8.78 Å². The summed E-state index contributed by atoms with van der Waals surface area (Å²) in [6.07, 6.45) is 4.02. The molecule has 3 aromatic rings. The van der Waals surface area contributed by atoms with Gasteiger partial charge in [0.1, 0.15) is 11.6 Å². The fraction of sp³-hybridized carbons (Fsp3) is 0.200. The van der Waals surface area contributed by atoms with Crippen LogP contribution in [-0.2, 0) is 6.42 Å². The highest BCUT2D eigenvalue weighted by Crippen LogP contribution is 2.47. The van der Waals surface area contributed by atoms with Crippen molar-refractivity contribution in [3.8, 4) is 11.5 Å². The number of allylic oxidation sites excluding steroid dienone is 2. The van der Waals surface area contributed by atoms with Crippen LogP contribution in [0, 0.1) is 11.7 Å². The SMILES string of the molecule is F/C(=C/Cc1ccc(F)c(Oc2ccccc2)c1)[C@H](c1ccc(Cl)cc1)C1CC1. The van der Waals surface area contributed by atoms with Crippen LogP contribution in [0.25, 0.3) is 0 Å². The van der Waals surface area contributed by atoms with E-state index in [4.69, 9.17) is 16.3 Å². The molecule has 0 radical (unpaired) electrons. The Morgan fingerprint density at radius 3 is 2.45 bits per heavy atom. The van der Waals surface area contributed by atoms with Gasteiger partial charge in [-0.05, 0) is 78.8 Å². The Kier molecular flexibility index (Phi) is 5.96. The first-order chi connectivity index (χ1) is 14.1. The van der Waals surface area contributed by atoms with Gasteiger partial charge in [0.25, 0.3) is 0 Å². The first-order valence-electron chi connectivity index (χ1n) is 9.72. The lowest BCUT2D eigenvalue weighted by atomic mass is 9.92. The first kappa shape index (κ1) is 19.7. The van der Waals surface area contributed by atoms with E-state index in [1.807, 2.05) is 30.3 Å². The van der Waals surface area contributed by atoms with Gasteiger partial charge in [-0.1, -0.05) is 48.0 Å². The van der Waals surface area contributed by atoms with Gasteiger partial charge in [-0.3, -0.25) is 0 Å². The molecule has 1 fully saturated rings. The molecular weight excluding hydrogens is 390 g/mol. The second-order valence-corrected chi connectivity index (χ2v) is 7.78. The molecule has 0 aliphatic heterocycles. The van der Waals surface area contributed by atoms with E-state index in [1.54, 1.807) is 42.5 Å². The van der Waals surface area contributed by atoms with Gasteiger partial charge in [0, 0.05) is 10.9 Å². The van der Waals surface area contributed by atoms with Gasteiger partial charge in [-0.25, -0.2) is 8.78 Å². The van der Waals surface area contributed by atoms with E-state index in [0.29, 0.717) is 23.1 Å². The number of hydrogen-bond donors (Lipinski definition) is 0. The molecule has 1 saturated carbocycles. The summed E-state index contributed by atoms with van der Waals surface area (Å²) in [7, 11) is 0. The molecule has 1 aliphatic rings. The molecule has 1 aliphatic carbocycles.